The summed E-state index contributed by atoms with van der Waals surface area (Å²) >= 11 is 0. The van der Waals surface area contributed by atoms with Crippen molar-refractivity contribution in [3.63, 3.8) is 0 Å². The summed E-state index contributed by atoms with van der Waals surface area (Å²) in [5.74, 6) is 0. The number of fused-ring (bicyclic) bond motifs is 5. The molecule has 4 aromatic rings. The Morgan fingerprint density at radius 2 is 1.32 bits per heavy atom. The number of hydrogen-bond acceptors (Lipinski definition) is 1. The maximum absolute atomic E-state index is 3.52. The maximum Gasteiger partial charge on any atom is 0.0814 e. The van der Waals surface area contributed by atoms with Gasteiger partial charge in [-0.25, -0.2) is 0 Å². The van der Waals surface area contributed by atoms with Crippen LogP contribution < -0.4 is 6.15 Å². The molecule has 4 rings (SSSR count). The van der Waals surface area contributed by atoms with Crippen molar-refractivity contribution in [3.05, 3.63) is 60.7 Å². The molecule has 2 nitrogen and oxygen atoms in total. The predicted octanol–water partition coefficient (Wildman–Crippen LogP) is 3.45. The van der Waals surface area contributed by atoms with Crippen LogP contribution in [0, 0.1) is 0 Å². The van der Waals surface area contributed by atoms with E-state index in [-0.39, 0.29) is 14.6 Å². The normalized spacial score (nSPS) is 10.3. The van der Waals surface area contributed by atoms with E-state index in [2.05, 4.69) is 65.6 Å². The molecule has 0 radical (unpaired) electrons. The third kappa shape index (κ3) is 1.79. The van der Waals surface area contributed by atoms with Crippen LogP contribution in [-0.2, 0) is 0 Å². The predicted molar refractivity (Wildman–Crippen MR) is 88.3 cm³/mol. The van der Waals surface area contributed by atoms with Crippen LogP contribution in [0.4, 0.5) is 0 Å². The number of aromatic amines is 1. The molecule has 3 heteroatoms. The fourth-order valence-corrected chi connectivity index (χ4v) is 2.59. The fourth-order valence-electron chi connectivity index (χ4n) is 2.59. The molecule has 0 saturated carbocycles. The first-order valence-electron chi connectivity index (χ1n) is 5.82. The molecule has 0 fully saturated rings. The van der Waals surface area contributed by atoms with Gasteiger partial charge in [-0.05, 0) is 11.5 Å². The summed E-state index contributed by atoms with van der Waals surface area (Å²) < 4.78 is 0. The quantitative estimate of drug-likeness (QED) is 0.460. The highest BCUT2D eigenvalue weighted by Gasteiger charge is 2.05. The first-order chi connectivity index (χ1) is 8.43. The lowest BCUT2D eigenvalue weighted by Gasteiger charge is -1.98. The number of hydrogen-bond donors (Lipinski definition) is 2. The van der Waals surface area contributed by atoms with E-state index >= 15 is 0 Å². The zero-order valence-electron chi connectivity index (χ0n) is 9.98. The lowest BCUT2D eigenvalue weighted by atomic mass is 10.1. The molecule has 0 amide bonds. The van der Waals surface area contributed by atoms with E-state index in [1.807, 2.05) is 0 Å². The van der Waals surface area contributed by atoms with Crippen LogP contribution in [0.3, 0.4) is 0 Å². The molecule has 0 aliphatic rings. The minimum Gasteiger partial charge on any atom is -0.354 e. The summed E-state index contributed by atoms with van der Waals surface area (Å²) in [4.78, 5) is 3.52. The Morgan fingerprint density at radius 1 is 0.632 bits per heavy atom. The zero-order valence-corrected chi connectivity index (χ0v) is 9.98. The van der Waals surface area contributed by atoms with Crippen molar-refractivity contribution >= 4 is 41.0 Å². The molecule has 19 heavy (non-hydrogen) atoms. The summed E-state index contributed by atoms with van der Waals surface area (Å²) in [7, 11) is 0. The monoisotopic (exact) mass is 248 g/mol. The van der Waals surface area contributed by atoms with Crippen LogP contribution >= 0.6 is 0 Å². The van der Waals surface area contributed by atoms with Gasteiger partial charge in [0, 0.05) is 21.7 Å². The van der Waals surface area contributed by atoms with E-state index in [0.717, 1.165) is 0 Å². The van der Waals surface area contributed by atoms with Crippen LogP contribution in [0.2, 0.25) is 0 Å². The average Bonchev–Trinajstić information content (AvgIpc) is 2.78. The number of nitrogens with one attached hydrogen (secondary N) is 1. The van der Waals surface area contributed by atoms with Crippen molar-refractivity contribution in [2.45, 2.75) is 0 Å². The Kier molecular flexibility index (Phi) is 3.32. The standard InChI is InChI=1S/C16H11N.BH3.H3N/c1-2-6-12-11(5-1)9-10-14-13-7-3-4-8-15(13)17-16(12)14;;/h1-10,17H;2*1H3. The number of aromatic nitrogens is 1. The SMILES string of the molecule is B.N.c1ccc2c(c1)ccc1c3ccccc3[nH]c21. The van der Waals surface area contributed by atoms with Gasteiger partial charge in [0.2, 0.25) is 0 Å². The molecule has 1 heterocycles. The van der Waals surface area contributed by atoms with Gasteiger partial charge < -0.3 is 11.1 Å². The van der Waals surface area contributed by atoms with Crippen LogP contribution in [0.5, 0.6) is 0 Å². The van der Waals surface area contributed by atoms with Crippen molar-refractivity contribution < 1.29 is 0 Å². The van der Waals surface area contributed by atoms with Gasteiger partial charge in [0.05, 0.1) is 13.9 Å². The molecular weight excluding hydrogens is 231 g/mol. The van der Waals surface area contributed by atoms with Crippen LogP contribution in [-0.4, -0.2) is 13.4 Å². The van der Waals surface area contributed by atoms with E-state index < -0.39 is 0 Å². The molecular formula is C16H17BN2. The molecule has 1 aromatic heterocycles. The lowest BCUT2D eigenvalue weighted by Crippen LogP contribution is -1.74. The van der Waals surface area contributed by atoms with Gasteiger partial charge in [0.1, 0.15) is 0 Å². The second kappa shape index (κ2) is 4.79. The van der Waals surface area contributed by atoms with E-state index in [9.17, 15) is 0 Å². The molecule has 0 aliphatic heterocycles. The Morgan fingerprint density at radius 3 is 2.16 bits per heavy atom. The van der Waals surface area contributed by atoms with Gasteiger partial charge >= 0.3 is 0 Å². The Balaban J connectivity index is 0.000000667. The summed E-state index contributed by atoms with van der Waals surface area (Å²) in [5.41, 5.74) is 2.45. The molecule has 94 valence electrons. The highest BCUT2D eigenvalue weighted by molar-refractivity contribution is 6.16. The number of benzene rings is 3. The maximum atomic E-state index is 3.52. The van der Waals surface area contributed by atoms with Crippen molar-refractivity contribution in [1.82, 2.24) is 11.1 Å². The Labute approximate surface area is 113 Å². The molecule has 0 spiro atoms. The second-order valence-electron chi connectivity index (χ2n) is 4.38. The average molecular weight is 248 g/mol. The van der Waals surface area contributed by atoms with Crippen LogP contribution in [0.1, 0.15) is 0 Å². The van der Waals surface area contributed by atoms with Crippen LogP contribution in [0.25, 0.3) is 32.6 Å². The topological polar surface area (TPSA) is 50.8 Å². The van der Waals surface area contributed by atoms with Gasteiger partial charge in [-0.15, -0.1) is 0 Å². The van der Waals surface area contributed by atoms with Crippen molar-refractivity contribution in [1.29, 1.82) is 0 Å². The molecule has 4 N–H and O–H groups in total. The van der Waals surface area contributed by atoms with E-state index in [4.69, 9.17) is 0 Å². The smallest absolute Gasteiger partial charge is 0.0814 e. The third-order valence-electron chi connectivity index (χ3n) is 3.41. The summed E-state index contributed by atoms with van der Waals surface area (Å²) in [5, 5.41) is 5.18. The van der Waals surface area contributed by atoms with Crippen LogP contribution in [0.15, 0.2) is 60.7 Å². The third-order valence-corrected chi connectivity index (χ3v) is 3.41. The van der Waals surface area contributed by atoms with Gasteiger partial charge in [-0.1, -0.05) is 54.6 Å². The Hall–Kier alpha value is -2.26. The summed E-state index contributed by atoms with van der Waals surface area (Å²) in [6, 6.07) is 21.4. The molecule has 0 atom stereocenters. The highest BCUT2D eigenvalue weighted by atomic mass is 14.7. The van der Waals surface area contributed by atoms with Gasteiger partial charge in [-0.3, -0.25) is 0 Å². The van der Waals surface area contributed by atoms with Gasteiger partial charge in [0.15, 0.2) is 0 Å². The highest BCUT2D eigenvalue weighted by Crippen LogP contribution is 2.30. The summed E-state index contributed by atoms with van der Waals surface area (Å²) in [6.45, 7) is 0. The number of H-pyrrole nitrogens is 1. The molecule has 3 aromatic carbocycles. The zero-order chi connectivity index (χ0) is 11.2. The number of para-hydroxylation sites is 1. The molecule has 0 unspecified atom stereocenters. The largest absolute Gasteiger partial charge is 0.354 e. The van der Waals surface area contributed by atoms with E-state index in [1.165, 1.54) is 32.6 Å². The first-order valence-corrected chi connectivity index (χ1v) is 5.82. The molecule has 0 saturated heterocycles. The molecule has 0 bridgehead atoms. The first kappa shape index (κ1) is 13.2. The molecule has 0 aliphatic carbocycles. The minimum absolute atomic E-state index is 0. The van der Waals surface area contributed by atoms with E-state index in [0.29, 0.717) is 0 Å². The van der Waals surface area contributed by atoms with E-state index in [1.54, 1.807) is 0 Å². The van der Waals surface area contributed by atoms with Crippen molar-refractivity contribution in [3.8, 4) is 0 Å². The minimum atomic E-state index is 0. The summed E-state index contributed by atoms with van der Waals surface area (Å²) in [6.07, 6.45) is 0. The van der Waals surface area contributed by atoms with Gasteiger partial charge in [0.25, 0.3) is 0 Å². The lowest BCUT2D eigenvalue weighted by molar-refractivity contribution is 1.56. The van der Waals surface area contributed by atoms with Crippen molar-refractivity contribution in [2.75, 3.05) is 0 Å². The Bertz CT molecular complexity index is 849. The van der Waals surface area contributed by atoms with Crippen molar-refractivity contribution in [2.24, 2.45) is 0 Å². The second-order valence-corrected chi connectivity index (χ2v) is 4.38. The fraction of sp³-hybridized carbons (Fsp3) is 0. The van der Waals surface area contributed by atoms with Gasteiger partial charge in [-0.2, -0.15) is 0 Å². The number of rotatable bonds is 0.